The second-order valence-electron chi connectivity index (χ2n) is 7.28. The van der Waals surface area contributed by atoms with Crippen LogP contribution in [0.2, 0.25) is 0 Å². The summed E-state index contributed by atoms with van der Waals surface area (Å²) in [6.07, 6.45) is 0. The van der Waals surface area contributed by atoms with Gasteiger partial charge in [-0.3, -0.25) is 0 Å². The summed E-state index contributed by atoms with van der Waals surface area (Å²) in [6.45, 7) is 6.41. The van der Waals surface area contributed by atoms with E-state index in [1.165, 1.54) is 5.56 Å². The van der Waals surface area contributed by atoms with Crippen molar-refractivity contribution in [2.45, 2.75) is 36.0 Å². The Morgan fingerprint density at radius 1 is 0.815 bits per heavy atom. The molecule has 0 radical (unpaired) electrons. The van der Waals surface area contributed by atoms with Crippen molar-refractivity contribution in [3.8, 4) is 11.5 Å². The molecule has 3 rings (SSSR count). The predicted molar refractivity (Wildman–Crippen MR) is 109 cm³/mol. The topological polar surface area (TPSA) is 46.5 Å². The molecule has 0 amide bonds. The van der Waals surface area contributed by atoms with E-state index >= 15 is 0 Å². The lowest BCUT2D eigenvalue weighted by Crippen LogP contribution is -2.12. The molecule has 0 fully saturated rings. The smallest absolute Gasteiger partial charge is 0.343 e. The lowest BCUT2D eigenvalue weighted by molar-refractivity contribution is 0.0734. The average Bonchev–Trinajstić information content (AvgIpc) is 2.64. The van der Waals surface area contributed by atoms with E-state index in [1.54, 1.807) is 48.2 Å². The largest absolute Gasteiger partial charge is 0.508 e. The fourth-order valence-electron chi connectivity index (χ4n) is 2.50. The predicted octanol–water partition coefficient (Wildman–Crippen LogP) is 6.06. The van der Waals surface area contributed by atoms with Crippen LogP contribution >= 0.6 is 11.8 Å². The van der Waals surface area contributed by atoms with E-state index in [0.29, 0.717) is 11.3 Å². The highest BCUT2D eigenvalue weighted by Crippen LogP contribution is 2.30. The van der Waals surface area contributed by atoms with Crippen molar-refractivity contribution >= 4 is 17.7 Å². The summed E-state index contributed by atoms with van der Waals surface area (Å²) in [5.74, 6) is 0.390. The summed E-state index contributed by atoms with van der Waals surface area (Å²) in [4.78, 5) is 14.4. The molecule has 0 bridgehead atoms. The molecule has 3 nitrogen and oxygen atoms in total. The van der Waals surface area contributed by atoms with Gasteiger partial charge in [0.1, 0.15) is 11.5 Å². The quantitative estimate of drug-likeness (QED) is 0.443. The molecule has 0 saturated heterocycles. The maximum Gasteiger partial charge on any atom is 0.343 e. The summed E-state index contributed by atoms with van der Waals surface area (Å²) in [6, 6.07) is 21.9. The highest BCUT2D eigenvalue weighted by Gasteiger charge is 2.15. The normalized spacial score (nSPS) is 11.2. The molecule has 0 heterocycles. The number of aromatic hydroxyl groups is 1. The maximum atomic E-state index is 12.3. The molecule has 27 heavy (non-hydrogen) atoms. The molecule has 3 aromatic carbocycles. The van der Waals surface area contributed by atoms with Gasteiger partial charge in [0.15, 0.2) is 0 Å². The van der Waals surface area contributed by atoms with E-state index in [0.717, 1.165) is 9.79 Å². The Bertz CT molecular complexity index is 906. The van der Waals surface area contributed by atoms with E-state index in [-0.39, 0.29) is 17.1 Å². The first-order chi connectivity index (χ1) is 12.8. The zero-order valence-electron chi connectivity index (χ0n) is 15.6. The van der Waals surface area contributed by atoms with Crippen molar-refractivity contribution < 1.29 is 14.6 Å². The minimum absolute atomic E-state index is 0.0490. The molecule has 138 valence electrons. The van der Waals surface area contributed by atoms with Gasteiger partial charge in [0, 0.05) is 9.79 Å². The molecule has 0 atom stereocenters. The highest BCUT2D eigenvalue weighted by molar-refractivity contribution is 7.99. The van der Waals surface area contributed by atoms with Crippen LogP contribution in [0.25, 0.3) is 0 Å². The molecule has 0 aliphatic rings. The van der Waals surface area contributed by atoms with Crippen LogP contribution in [0, 0.1) is 0 Å². The van der Waals surface area contributed by atoms with Crippen molar-refractivity contribution in [3.63, 3.8) is 0 Å². The van der Waals surface area contributed by atoms with Gasteiger partial charge in [-0.25, -0.2) is 4.79 Å². The number of phenols is 1. The van der Waals surface area contributed by atoms with Crippen LogP contribution in [0.5, 0.6) is 11.5 Å². The monoisotopic (exact) mass is 378 g/mol. The second kappa shape index (κ2) is 7.89. The Kier molecular flexibility index (Phi) is 5.57. The van der Waals surface area contributed by atoms with Crippen molar-refractivity contribution in [1.29, 1.82) is 0 Å². The van der Waals surface area contributed by atoms with Crippen molar-refractivity contribution in [1.82, 2.24) is 0 Å². The number of ether oxygens (including phenoxy) is 1. The Balaban J connectivity index is 1.63. The molecule has 0 aliphatic carbocycles. The average molecular weight is 378 g/mol. The number of hydrogen-bond acceptors (Lipinski definition) is 4. The van der Waals surface area contributed by atoms with Crippen LogP contribution in [-0.4, -0.2) is 11.1 Å². The van der Waals surface area contributed by atoms with Gasteiger partial charge in [-0.15, -0.1) is 0 Å². The van der Waals surface area contributed by atoms with Crippen LogP contribution < -0.4 is 4.74 Å². The fourth-order valence-corrected chi connectivity index (χ4v) is 3.31. The minimum Gasteiger partial charge on any atom is -0.508 e. The first kappa shape index (κ1) is 19.1. The van der Waals surface area contributed by atoms with Crippen molar-refractivity contribution in [2.24, 2.45) is 0 Å². The second-order valence-corrected chi connectivity index (χ2v) is 8.43. The standard InChI is InChI=1S/C23H22O3S/c1-23(2,3)17-6-4-16(5-7-17)22(25)26-19-10-14-21(15-11-19)27-20-12-8-18(24)9-13-20/h4-15,24H,1-3H3. The van der Waals surface area contributed by atoms with Crippen LogP contribution in [0.15, 0.2) is 82.6 Å². The van der Waals surface area contributed by atoms with Crippen LogP contribution in [0.1, 0.15) is 36.7 Å². The van der Waals surface area contributed by atoms with E-state index < -0.39 is 0 Å². The number of carbonyl (C=O) groups is 1. The molecule has 0 aliphatic heterocycles. The lowest BCUT2D eigenvalue weighted by Gasteiger charge is -2.18. The van der Waals surface area contributed by atoms with Crippen LogP contribution in [-0.2, 0) is 5.41 Å². The number of benzene rings is 3. The minimum atomic E-state index is -0.366. The first-order valence-corrected chi connectivity index (χ1v) is 9.52. The molecular weight excluding hydrogens is 356 g/mol. The van der Waals surface area contributed by atoms with Gasteiger partial charge in [0.25, 0.3) is 0 Å². The summed E-state index contributed by atoms with van der Waals surface area (Å²) < 4.78 is 5.47. The Morgan fingerprint density at radius 3 is 1.85 bits per heavy atom. The number of hydrogen-bond donors (Lipinski definition) is 1. The number of carbonyl (C=O) groups excluding carboxylic acids is 1. The van der Waals surface area contributed by atoms with Gasteiger partial charge in [-0.2, -0.15) is 0 Å². The van der Waals surface area contributed by atoms with E-state index in [1.807, 2.05) is 36.4 Å². The molecule has 0 saturated carbocycles. The van der Waals surface area contributed by atoms with E-state index in [4.69, 9.17) is 4.74 Å². The fraction of sp³-hybridized carbons (Fsp3) is 0.174. The Labute approximate surface area is 164 Å². The van der Waals surface area contributed by atoms with Crippen molar-refractivity contribution in [3.05, 3.63) is 83.9 Å². The molecular formula is C23H22O3S. The molecule has 0 aromatic heterocycles. The van der Waals surface area contributed by atoms with Gasteiger partial charge in [-0.1, -0.05) is 44.7 Å². The molecule has 1 N–H and O–H groups in total. The third kappa shape index (κ3) is 5.14. The molecule has 4 heteroatoms. The number of rotatable bonds is 4. The summed E-state index contributed by atoms with van der Waals surface area (Å²) >= 11 is 1.57. The number of esters is 1. The highest BCUT2D eigenvalue weighted by atomic mass is 32.2. The number of phenolic OH excluding ortho intramolecular Hbond substituents is 1. The van der Waals surface area contributed by atoms with Gasteiger partial charge in [0.05, 0.1) is 5.56 Å². The summed E-state index contributed by atoms with van der Waals surface area (Å²) in [5.41, 5.74) is 1.76. The van der Waals surface area contributed by atoms with Crippen LogP contribution in [0.3, 0.4) is 0 Å². The zero-order valence-corrected chi connectivity index (χ0v) is 16.4. The van der Waals surface area contributed by atoms with Gasteiger partial charge >= 0.3 is 5.97 Å². The van der Waals surface area contributed by atoms with Gasteiger partial charge in [-0.05, 0) is 71.6 Å². The van der Waals surface area contributed by atoms with Gasteiger partial charge in [0.2, 0.25) is 0 Å². The Morgan fingerprint density at radius 2 is 1.33 bits per heavy atom. The lowest BCUT2D eigenvalue weighted by atomic mass is 9.87. The molecule has 3 aromatic rings. The third-order valence-electron chi connectivity index (χ3n) is 4.09. The van der Waals surface area contributed by atoms with Crippen molar-refractivity contribution in [2.75, 3.05) is 0 Å². The maximum absolute atomic E-state index is 12.3. The SMILES string of the molecule is CC(C)(C)c1ccc(C(=O)Oc2ccc(Sc3ccc(O)cc3)cc2)cc1. The zero-order chi connectivity index (χ0) is 19.4. The third-order valence-corrected chi connectivity index (χ3v) is 5.11. The van der Waals surface area contributed by atoms with E-state index in [9.17, 15) is 9.90 Å². The van der Waals surface area contributed by atoms with Crippen LogP contribution in [0.4, 0.5) is 0 Å². The Hall–Kier alpha value is -2.72. The van der Waals surface area contributed by atoms with Gasteiger partial charge < -0.3 is 9.84 Å². The first-order valence-electron chi connectivity index (χ1n) is 8.71. The summed E-state index contributed by atoms with van der Waals surface area (Å²) in [5, 5.41) is 9.33. The molecule has 0 spiro atoms. The summed E-state index contributed by atoms with van der Waals surface area (Å²) in [7, 11) is 0. The molecule has 0 unspecified atom stereocenters. The van der Waals surface area contributed by atoms with E-state index in [2.05, 4.69) is 20.8 Å².